The second-order valence-electron chi connectivity index (χ2n) is 21.4. The molecule has 5 rings (SSSR count). The van der Waals surface area contributed by atoms with Crippen LogP contribution < -0.4 is 27.4 Å². The fourth-order valence-electron chi connectivity index (χ4n) is 9.29. The molecule has 0 unspecified atom stereocenters. The first-order valence-corrected chi connectivity index (χ1v) is 32.9. The van der Waals surface area contributed by atoms with Crippen LogP contribution >= 0.6 is 77.4 Å². The fourth-order valence-corrected chi connectivity index (χ4v) is 11.3. The highest BCUT2D eigenvalue weighted by atomic mass is 35.6. The maximum Gasteiger partial charge on any atom is 0.475 e. The molecule has 4 amide bonds. The van der Waals surface area contributed by atoms with Crippen molar-refractivity contribution in [3.8, 4) is 0 Å². The van der Waals surface area contributed by atoms with E-state index in [1.807, 2.05) is 0 Å². The Hall–Kier alpha value is -6.03. The molecule has 96 heavy (non-hydrogen) atoms. The van der Waals surface area contributed by atoms with Crippen molar-refractivity contribution in [2.24, 2.45) is 11.5 Å². The summed E-state index contributed by atoms with van der Waals surface area (Å²) in [6.45, 7) is 2.30. The molecule has 2 heterocycles. The molecule has 2 aliphatic heterocycles. The van der Waals surface area contributed by atoms with Crippen LogP contribution in [0.5, 0.6) is 0 Å². The number of nitrogens with two attached hydrogens (primary N) is 2. The Balaban J connectivity index is 1.80. The van der Waals surface area contributed by atoms with Crippen LogP contribution in [0.1, 0.15) is 91.9 Å². The summed E-state index contributed by atoms with van der Waals surface area (Å²) in [6.07, 6.45) is -24.1. The van der Waals surface area contributed by atoms with Gasteiger partial charge in [0.05, 0.1) is 35.5 Å². The molecule has 530 valence electrons. The topological polar surface area (TPSA) is 416 Å². The van der Waals surface area contributed by atoms with Crippen LogP contribution in [0.15, 0.2) is 91.0 Å². The number of amides is 4. The van der Waals surface area contributed by atoms with Gasteiger partial charge in [-0.25, -0.2) is 18.9 Å². The lowest BCUT2D eigenvalue weighted by molar-refractivity contribution is -0.370. The number of aliphatic hydroxyl groups excluding tert-OH is 1. The van der Waals surface area contributed by atoms with Gasteiger partial charge in [-0.1, -0.05) is 124 Å². The van der Waals surface area contributed by atoms with E-state index in [1.54, 1.807) is 18.2 Å². The van der Waals surface area contributed by atoms with Crippen molar-refractivity contribution < 1.29 is 119 Å². The molecule has 2 fully saturated rings. The Kier molecular flexibility index (Phi) is 31.8. The number of carbonyl (C=O) groups is 10. The molecule has 0 bridgehead atoms. The predicted molar refractivity (Wildman–Crippen MR) is 339 cm³/mol. The number of unbranched alkanes of at least 4 members (excludes halogenated alkanes) is 1. The minimum absolute atomic E-state index is 0.133. The molecule has 0 saturated carbocycles. The Morgan fingerprint density at radius 1 is 0.552 bits per heavy atom. The van der Waals surface area contributed by atoms with E-state index in [9.17, 15) is 57.6 Å². The lowest BCUT2D eigenvalue weighted by Gasteiger charge is -2.49. The number of rotatable bonds is 33. The summed E-state index contributed by atoms with van der Waals surface area (Å²) in [5.74, 6) is -10.8. The molecule has 2 aliphatic rings. The van der Waals surface area contributed by atoms with Crippen LogP contribution in [0.4, 0.5) is 0 Å². The van der Waals surface area contributed by atoms with Crippen molar-refractivity contribution >= 4 is 137 Å². The molecule has 0 spiro atoms. The minimum Gasteiger partial charge on any atom is -0.463 e. The molecule has 37 heteroatoms. The molecule has 3 aromatic carbocycles. The van der Waals surface area contributed by atoms with Crippen molar-refractivity contribution in [2.45, 2.75) is 160 Å². The number of carbonyl (C=O) groups excluding carboxylic acids is 10. The summed E-state index contributed by atoms with van der Waals surface area (Å²) in [4.78, 5) is 137. The summed E-state index contributed by atoms with van der Waals surface area (Å²) < 4.78 is 88.3. The van der Waals surface area contributed by atoms with E-state index in [-0.39, 0.29) is 36.1 Å². The molecular formula is C59H72Cl6N5O25P. The average molecular weight is 1490 g/mol. The van der Waals surface area contributed by atoms with Crippen molar-refractivity contribution in [1.82, 2.24) is 16.0 Å². The Labute approximate surface area is 580 Å². The van der Waals surface area contributed by atoms with Crippen LogP contribution in [0.2, 0.25) is 0 Å². The van der Waals surface area contributed by atoms with Crippen LogP contribution in [0.3, 0.4) is 0 Å². The van der Waals surface area contributed by atoms with Gasteiger partial charge in [0.25, 0.3) is 0 Å². The van der Waals surface area contributed by atoms with Crippen molar-refractivity contribution in [3.63, 3.8) is 0 Å². The summed E-state index contributed by atoms with van der Waals surface area (Å²) in [6, 6.07) is 16.3. The highest BCUT2D eigenvalue weighted by Crippen LogP contribution is 2.53. The number of esters is 6. The number of phosphoric acid groups is 1. The van der Waals surface area contributed by atoms with Gasteiger partial charge in [0.2, 0.25) is 31.2 Å². The SMILES string of the molecule is CC(=O)N[C@H](C(=O)N[C@@H](CCCCN)C(=O)N[C@H](C(N)=O)[C@@H](C)O)[C@@H](C)O[C@H]1O[C@H](COC(C)=O)[C@@H](OC(C)=O)[C@H](OC(C)=O)[C@@H]1O[C@H]1O[C@H](COP(=O)(OCC(Cl)(Cl)Cl)OCC(Cl)(Cl)Cl)[C@@H](OC(=O)c2ccccc2)[C@H](OC(=O)c2ccccc2)[C@@H]1OC(=O)c1ccccc1. The van der Waals surface area contributed by atoms with Gasteiger partial charge in [-0.15, -0.1) is 0 Å². The van der Waals surface area contributed by atoms with Crippen LogP contribution in [0.25, 0.3) is 0 Å². The van der Waals surface area contributed by atoms with Crippen LogP contribution in [-0.2, 0) is 99.1 Å². The summed E-state index contributed by atoms with van der Waals surface area (Å²) in [5, 5.41) is 17.5. The van der Waals surface area contributed by atoms with E-state index in [1.165, 1.54) is 86.6 Å². The second kappa shape index (κ2) is 37.8. The third kappa shape index (κ3) is 26.0. The average Bonchev–Trinajstić information content (AvgIpc) is 0.763. The summed E-state index contributed by atoms with van der Waals surface area (Å²) in [7, 11) is -5.25. The molecule has 0 aromatic heterocycles. The molecule has 8 N–H and O–H groups in total. The maximum atomic E-state index is 14.7. The van der Waals surface area contributed by atoms with Crippen molar-refractivity contribution in [2.75, 3.05) is 33.0 Å². The molecule has 0 aliphatic carbocycles. The number of halogens is 6. The lowest BCUT2D eigenvalue weighted by atomic mass is 9.96. The number of ether oxygens (including phenoxy) is 10. The molecule has 15 atom stereocenters. The van der Waals surface area contributed by atoms with Gasteiger partial charge < -0.3 is 79.9 Å². The number of primary amides is 1. The van der Waals surface area contributed by atoms with Crippen LogP contribution in [0, 0.1) is 0 Å². The summed E-state index contributed by atoms with van der Waals surface area (Å²) >= 11 is 35.9. The number of aliphatic hydroxyl groups is 1. The Morgan fingerprint density at radius 2 is 1.00 bits per heavy atom. The van der Waals surface area contributed by atoms with E-state index < -0.39 is 193 Å². The van der Waals surface area contributed by atoms with Gasteiger partial charge in [0.1, 0.15) is 50.2 Å². The van der Waals surface area contributed by atoms with Gasteiger partial charge in [-0.05, 0) is 76.1 Å². The fraction of sp³-hybridized carbons (Fsp3) is 0.525. The third-order valence-corrected chi connectivity index (χ3v) is 15.6. The van der Waals surface area contributed by atoms with Crippen molar-refractivity contribution in [1.29, 1.82) is 0 Å². The zero-order valence-corrected chi connectivity index (χ0v) is 57.5. The smallest absolute Gasteiger partial charge is 0.463 e. The minimum atomic E-state index is -5.25. The van der Waals surface area contributed by atoms with E-state index >= 15 is 0 Å². The quantitative estimate of drug-likeness (QED) is 0.0158. The molecular weight excluding hydrogens is 1420 g/mol. The number of hydrogen-bond donors (Lipinski definition) is 6. The molecule has 0 radical (unpaired) electrons. The van der Waals surface area contributed by atoms with Gasteiger partial charge in [0.15, 0.2) is 49.2 Å². The lowest BCUT2D eigenvalue weighted by Crippen LogP contribution is -2.68. The second-order valence-corrected chi connectivity index (χ2v) is 28.1. The number of hydrogen-bond acceptors (Lipinski definition) is 26. The van der Waals surface area contributed by atoms with Gasteiger partial charge in [0, 0.05) is 27.7 Å². The number of benzene rings is 3. The van der Waals surface area contributed by atoms with Gasteiger partial charge in [-0.3, -0.25) is 47.1 Å². The van der Waals surface area contributed by atoms with Crippen molar-refractivity contribution in [3.05, 3.63) is 108 Å². The first-order valence-electron chi connectivity index (χ1n) is 29.2. The zero-order valence-electron chi connectivity index (χ0n) is 52.1. The van der Waals surface area contributed by atoms with E-state index in [0.717, 1.165) is 27.7 Å². The highest BCUT2D eigenvalue weighted by Gasteiger charge is 2.59. The number of alkyl halides is 6. The largest absolute Gasteiger partial charge is 0.475 e. The predicted octanol–water partition coefficient (Wildman–Crippen LogP) is 4.70. The standard InChI is InChI=1S/C59H72Cl6N5O25P/c1-30(71)42(50(67)76)70-51(77)39(24-16-17-25-66)69-52(78)43(68-32(3)72)31(2)87-56-49(46(89-35(6)75)44(88-34(5)74)40(90-56)26-83-33(4)73)95-57-48(94-55(81)38-22-14-9-15-23-38)47(93-54(80)37-20-12-8-13-21-37)45(92-53(79)36-18-10-7-11-19-36)41(91-57)27-84-96(82,85-28-58(60,61)62)86-29-59(63,64)65/h7-15,18-23,30-31,39-49,56-57,71H,16-17,24-29,66H2,1-6H3,(H2,67,76)(H,68,72)(H,69,78)(H,70,77)/t30-,31-,39+,40-,41-,42+,43+,44-,45-,46+,47+,48+,49+,56+,57-/m1/s1. The number of nitrogens with one attached hydrogen (secondary N) is 3. The molecule has 2 saturated heterocycles. The normalized spacial score (nSPS) is 22.8. The van der Waals surface area contributed by atoms with Gasteiger partial charge >= 0.3 is 43.6 Å². The van der Waals surface area contributed by atoms with E-state index in [4.69, 9.17) is 142 Å². The van der Waals surface area contributed by atoms with E-state index in [0.29, 0.717) is 6.42 Å². The monoisotopic (exact) mass is 1490 g/mol. The zero-order chi connectivity index (χ0) is 71.2. The van der Waals surface area contributed by atoms with E-state index in [2.05, 4.69) is 16.0 Å². The first-order chi connectivity index (χ1) is 45.1. The van der Waals surface area contributed by atoms with Gasteiger partial charge in [-0.2, -0.15) is 0 Å². The highest BCUT2D eigenvalue weighted by molar-refractivity contribution is 7.48. The summed E-state index contributed by atoms with van der Waals surface area (Å²) in [5.41, 5.74) is 10.7. The number of phosphoric ester groups is 1. The third-order valence-electron chi connectivity index (χ3n) is 13.6. The Bertz CT molecular complexity index is 3160. The molecule has 3 aromatic rings. The maximum absolute atomic E-state index is 14.7. The molecule has 30 nitrogen and oxygen atoms in total. The Morgan fingerprint density at radius 3 is 1.45 bits per heavy atom. The van der Waals surface area contributed by atoms with Crippen LogP contribution in [-0.4, -0.2) is 197 Å². The first kappa shape index (κ1) is 80.7.